The van der Waals surface area contributed by atoms with E-state index in [1.165, 1.54) is 11.3 Å². The lowest BCUT2D eigenvalue weighted by Gasteiger charge is -2.24. The van der Waals surface area contributed by atoms with Gasteiger partial charge in [0.15, 0.2) is 0 Å². The lowest BCUT2D eigenvalue weighted by Crippen LogP contribution is -2.35. The van der Waals surface area contributed by atoms with Gasteiger partial charge in [-0.1, -0.05) is 48.5 Å². The number of aromatic nitrogens is 1. The smallest absolute Gasteiger partial charge is 0.263 e. The fourth-order valence-electron chi connectivity index (χ4n) is 4.79. The quantitative estimate of drug-likeness (QED) is 0.202. The molecule has 3 heterocycles. The minimum Gasteiger partial charge on any atom is -0.457 e. The van der Waals surface area contributed by atoms with Crippen molar-refractivity contribution in [2.45, 2.75) is 0 Å². The van der Waals surface area contributed by atoms with Crippen LogP contribution < -0.4 is 15.2 Å². The molecule has 6 aromatic rings. The van der Waals surface area contributed by atoms with Gasteiger partial charge in [0.05, 0.1) is 22.4 Å². The number of hydrogen-bond donors (Lipinski definition) is 0. The van der Waals surface area contributed by atoms with E-state index in [2.05, 4.69) is 0 Å². The summed E-state index contributed by atoms with van der Waals surface area (Å²) in [5.41, 5.74) is 2.75. The first-order chi connectivity index (χ1) is 19.6. The van der Waals surface area contributed by atoms with Crippen LogP contribution in [-0.4, -0.2) is 30.6 Å². The maximum absolute atomic E-state index is 14.3. The molecule has 0 saturated carbocycles. The SMILES string of the molecule is COCCN(C(=O)c1cc(-c2ccc(Oc3ccccc3)cc2)c(=O)n2ccc3ccsc3c12)c1ccccc1. The van der Waals surface area contributed by atoms with Crippen LogP contribution in [0.3, 0.4) is 0 Å². The van der Waals surface area contributed by atoms with E-state index in [1.54, 1.807) is 28.7 Å². The molecular formula is C33H26N2O4S. The van der Waals surface area contributed by atoms with Gasteiger partial charge in [0.2, 0.25) is 0 Å². The molecule has 0 aliphatic carbocycles. The fraction of sp³-hybridized carbons (Fsp3) is 0.0909. The summed E-state index contributed by atoms with van der Waals surface area (Å²) in [7, 11) is 1.61. The highest BCUT2D eigenvalue weighted by Gasteiger charge is 2.24. The van der Waals surface area contributed by atoms with Crippen molar-refractivity contribution in [3.8, 4) is 22.6 Å². The van der Waals surface area contributed by atoms with Crippen LogP contribution in [0.25, 0.3) is 26.7 Å². The number of carbonyl (C=O) groups is 1. The monoisotopic (exact) mass is 546 g/mol. The summed E-state index contributed by atoms with van der Waals surface area (Å²) in [6, 6.07) is 32.0. The molecule has 0 saturated heterocycles. The van der Waals surface area contributed by atoms with Crippen molar-refractivity contribution in [1.29, 1.82) is 0 Å². The van der Waals surface area contributed by atoms with Crippen LogP contribution in [0.15, 0.2) is 119 Å². The number of rotatable bonds is 8. The molecular weight excluding hydrogens is 520 g/mol. The lowest BCUT2D eigenvalue weighted by atomic mass is 10.0. The largest absolute Gasteiger partial charge is 0.457 e. The summed E-state index contributed by atoms with van der Waals surface area (Å²) < 4.78 is 13.7. The molecule has 0 aliphatic heterocycles. The zero-order valence-corrected chi connectivity index (χ0v) is 22.6. The van der Waals surface area contributed by atoms with Crippen LogP contribution in [0, 0.1) is 0 Å². The van der Waals surface area contributed by atoms with Crippen LogP contribution in [0.1, 0.15) is 10.4 Å². The molecule has 0 N–H and O–H groups in total. The summed E-state index contributed by atoms with van der Waals surface area (Å²) in [5, 5.41) is 2.96. The van der Waals surface area contributed by atoms with E-state index >= 15 is 0 Å². The van der Waals surface area contributed by atoms with Gasteiger partial charge in [0, 0.05) is 31.1 Å². The standard InChI is InChI=1S/C33H26N2O4S/c1-38-20-19-34(25-8-4-2-5-9-25)33(37)29-22-28(32(36)35-18-16-24-17-21-40-31(24)30(29)35)23-12-14-27(15-13-23)39-26-10-6-3-7-11-26/h2-18,21-22H,19-20H2,1H3. The summed E-state index contributed by atoms with van der Waals surface area (Å²) in [6.45, 7) is 0.738. The molecule has 7 heteroatoms. The number of fused-ring (bicyclic) bond motifs is 3. The van der Waals surface area contributed by atoms with Crippen LogP contribution in [0.5, 0.6) is 11.5 Å². The Bertz CT molecular complexity index is 1850. The molecule has 0 aliphatic rings. The number of carbonyl (C=O) groups excluding carboxylic acids is 1. The first-order valence-electron chi connectivity index (χ1n) is 12.9. The highest BCUT2D eigenvalue weighted by molar-refractivity contribution is 7.18. The van der Waals surface area contributed by atoms with E-state index in [0.717, 1.165) is 21.5 Å². The van der Waals surface area contributed by atoms with Crippen molar-refractivity contribution in [3.05, 3.63) is 131 Å². The second kappa shape index (κ2) is 11.2. The number of para-hydroxylation sites is 2. The van der Waals surface area contributed by atoms with E-state index in [1.807, 2.05) is 102 Å². The molecule has 6 nitrogen and oxygen atoms in total. The Balaban J connectivity index is 1.50. The maximum atomic E-state index is 14.3. The number of amides is 1. The van der Waals surface area contributed by atoms with Crippen molar-refractivity contribution < 1.29 is 14.3 Å². The van der Waals surface area contributed by atoms with Crippen LogP contribution in [-0.2, 0) is 4.74 Å². The first kappa shape index (κ1) is 25.6. The second-order valence-electron chi connectivity index (χ2n) is 9.24. The topological polar surface area (TPSA) is 60.2 Å². The molecule has 0 spiro atoms. The van der Waals surface area contributed by atoms with Crippen LogP contribution in [0.2, 0.25) is 0 Å². The average molecular weight is 547 g/mol. The number of benzene rings is 3. The Hall–Kier alpha value is -4.72. The number of anilines is 1. The van der Waals surface area contributed by atoms with E-state index in [4.69, 9.17) is 9.47 Å². The molecule has 198 valence electrons. The number of ether oxygens (including phenoxy) is 2. The molecule has 0 radical (unpaired) electrons. The van der Waals surface area contributed by atoms with Gasteiger partial charge < -0.3 is 14.4 Å². The fourth-order valence-corrected chi connectivity index (χ4v) is 5.73. The van der Waals surface area contributed by atoms with Crippen LogP contribution in [0.4, 0.5) is 5.69 Å². The third-order valence-electron chi connectivity index (χ3n) is 6.75. The zero-order chi connectivity index (χ0) is 27.5. The van der Waals surface area contributed by atoms with E-state index in [-0.39, 0.29) is 11.5 Å². The Kier molecular flexibility index (Phi) is 7.14. The molecule has 0 bridgehead atoms. The Morgan fingerprint density at radius 1 is 0.875 bits per heavy atom. The predicted octanol–water partition coefficient (Wildman–Crippen LogP) is 7.27. The molecule has 0 unspecified atom stereocenters. The van der Waals surface area contributed by atoms with Gasteiger partial charge >= 0.3 is 0 Å². The molecule has 6 rings (SSSR count). The Labute approximate surface area is 235 Å². The van der Waals surface area contributed by atoms with E-state index in [9.17, 15) is 9.59 Å². The van der Waals surface area contributed by atoms with Crippen molar-refractivity contribution in [1.82, 2.24) is 4.40 Å². The number of pyridine rings is 2. The predicted molar refractivity (Wildman–Crippen MR) is 161 cm³/mol. The summed E-state index contributed by atoms with van der Waals surface area (Å²) in [5.74, 6) is 1.18. The Morgan fingerprint density at radius 2 is 1.57 bits per heavy atom. The summed E-state index contributed by atoms with van der Waals surface area (Å²) >= 11 is 1.52. The van der Waals surface area contributed by atoms with Crippen molar-refractivity contribution >= 4 is 38.5 Å². The number of hydrogen-bond acceptors (Lipinski definition) is 5. The van der Waals surface area contributed by atoms with Gasteiger partial charge in [-0.15, -0.1) is 11.3 Å². The summed E-state index contributed by atoms with van der Waals surface area (Å²) in [4.78, 5) is 29.9. The molecule has 3 aromatic heterocycles. The average Bonchev–Trinajstić information content (AvgIpc) is 3.48. The second-order valence-corrected chi connectivity index (χ2v) is 10.2. The molecule has 0 fully saturated rings. The molecule has 0 atom stereocenters. The minimum absolute atomic E-state index is 0.193. The van der Waals surface area contributed by atoms with Gasteiger partial charge in [0.25, 0.3) is 11.5 Å². The van der Waals surface area contributed by atoms with Crippen molar-refractivity contribution in [2.24, 2.45) is 0 Å². The third kappa shape index (κ3) is 4.88. The van der Waals surface area contributed by atoms with Crippen LogP contribution >= 0.6 is 11.3 Å². The number of thiophene rings is 1. The van der Waals surface area contributed by atoms with Crippen molar-refractivity contribution in [2.75, 3.05) is 25.2 Å². The zero-order valence-electron chi connectivity index (χ0n) is 21.8. The molecule has 40 heavy (non-hydrogen) atoms. The van der Waals surface area contributed by atoms with Gasteiger partial charge in [-0.2, -0.15) is 0 Å². The summed E-state index contributed by atoms with van der Waals surface area (Å²) in [6.07, 6.45) is 1.75. The highest BCUT2D eigenvalue weighted by Crippen LogP contribution is 2.32. The maximum Gasteiger partial charge on any atom is 0.263 e. The molecule has 1 amide bonds. The van der Waals surface area contributed by atoms with Gasteiger partial charge in [0.1, 0.15) is 11.5 Å². The van der Waals surface area contributed by atoms with E-state index in [0.29, 0.717) is 41.1 Å². The van der Waals surface area contributed by atoms with Gasteiger partial charge in [-0.25, -0.2) is 0 Å². The lowest BCUT2D eigenvalue weighted by molar-refractivity contribution is 0.0977. The van der Waals surface area contributed by atoms with E-state index < -0.39 is 0 Å². The first-order valence-corrected chi connectivity index (χ1v) is 13.8. The highest BCUT2D eigenvalue weighted by atomic mass is 32.1. The van der Waals surface area contributed by atoms with Gasteiger partial charge in [-0.05, 0) is 70.9 Å². The Morgan fingerprint density at radius 3 is 2.30 bits per heavy atom. The van der Waals surface area contributed by atoms with Crippen molar-refractivity contribution in [3.63, 3.8) is 0 Å². The minimum atomic E-state index is -0.202. The molecule has 3 aromatic carbocycles. The normalized spacial score (nSPS) is 11.1. The third-order valence-corrected chi connectivity index (χ3v) is 7.69. The van der Waals surface area contributed by atoms with Gasteiger partial charge in [-0.3, -0.25) is 14.0 Å². The number of methoxy groups -OCH3 is 1. The number of nitrogens with zero attached hydrogens (tertiary/aromatic N) is 2.